The van der Waals surface area contributed by atoms with Crippen molar-refractivity contribution < 1.29 is 23.1 Å². The summed E-state index contributed by atoms with van der Waals surface area (Å²) in [7, 11) is 0. The molecule has 2 heterocycles. The Bertz CT molecular complexity index is 1160. The highest BCUT2D eigenvalue weighted by atomic mass is 19.1. The average Bonchev–Trinajstić information content (AvgIpc) is 3.35. The van der Waals surface area contributed by atoms with E-state index >= 15 is 0 Å². The number of ether oxygens (including phenoxy) is 1. The lowest BCUT2D eigenvalue weighted by Crippen LogP contribution is -2.41. The van der Waals surface area contributed by atoms with Crippen LogP contribution in [-0.4, -0.2) is 29.4 Å². The highest BCUT2D eigenvalue weighted by molar-refractivity contribution is 5.80. The quantitative estimate of drug-likeness (QED) is 0.493. The Hall–Kier alpha value is -3.61. The number of amides is 2. The van der Waals surface area contributed by atoms with Gasteiger partial charge in [-0.2, -0.15) is 0 Å². The first-order valence-electron chi connectivity index (χ1n) is 12.0. The van der Waals surface area contributed by atoms with E-state index in [-0.39, 0.29) is 36.1 Å². The molecular formula is C28H31FN2O4. The maximum atomic E-state index is 13.7. The first-order valence-corrected chi connectivity index (χ1v) is 12.0. The highest BCUT2D eigenvalue weighted by Gasteiger charge is 2.32. The molecule has 7 heteroatoms. The molecule has 6 nitrogen and oxygen atoms in total. The van der Waals surface area contributed by atoms with Gasteiger partial charge < -0.3 is 19.4 Å². The van der Waals surface area contributed by atoms with Crippen LogP contribution < -0.4 is 10.1 Å². The summed E-state index contributed by atoms with van der Waals surface area (Å²) in [6.07, 6.45) is 1.99. The summed E-state index contributed by atoms with van der Waals surface area (Å²) < 4.78 is 24.9. The van der Waals surface area contributed by atoms with Gasteiger partial charge in [-0.25, -0.2) is 4.39 Å². The highest BCUT2D eigenvalue weighted by Crippen LogP contribution is 2.38. The molecule has 4 rings (SSSR count). The minimum absolute atomic E-state index is 0.0666. The van der Waals surface area contributed by atoms with Gasteiger partial charge in [0, 0.05) is 13.0 Å². The molecule has 0 saturated heterocycles. The van der Waals surface area contributed by atoms with Crippen LogP contribution in [0.3, 0.4) is 0 Å². The Morgan fingerprint density at radius 2 is 1.91 bits per heavy atom. The maximum Gasteiger partial charge on any atom is 0.261 e. The van der Waals surface area contributed by atoms with Gasteiger partial charge in [0.2, 0.25) is 5.91 Å². The van der Waals surface area contributed by atoms with Gasteiger partial charge in [-0.1, -0.05) is 32.0 Å². The zero-order chi connectivity index (χ0) is 24.9. The van der Waals surface area contributed by atoms with Gasteiger partial charge >= 0.3 is 0 Å². The van der Waals surface area contributed by atoms with Crippen molar-refractivity contribution in [2.24, 2.45) is 5.92 Å². The Morgan fingerprint density at radius 3 is 2.60 bits per heavy atom. The molecule has 1 aromatic heterocycles. The largest absolute Gasteiger partial charge is 0.481 e. The molecule has 0 bridgehead atoms. The van der Waals surface area contributed by atoms with Crippen molar-refractivity contribution in [3.63, 3.8) is 0 Å². The third kappa shape index (κ3) is 5.91. The van der Waals surface area contributed by atoms with Crippen LogP contribution >= 0.6 is 0 Å². The van der Waals surface area contributed by atoms with Crippen molar-refractivity contribution in [3.05, 3.63) is 89.1 Å². The first kappa shape index (κ1) is 24.5. The Morgan fingerprint density at radius 1 is 1.14 bits per heavy atom. The number of carbonyl (C=O) groups excluding carboxylic acids is 2. The number of rotatable bonds is 8. The molecule has 1 aliphatic rings. The molecule has 184 valence electrons. The monoisotopic (exact) mass is 478 g/mol. The number of nitrogens with one attached hydrogen (secondary N) is 1. The molecule has 35 heavy (non-hydrogen) atoms. The summed E-state index contributed by atoms with van der Waals surface area (Å²) >= 11 is 0. The maximum absolute atomic E-state index is 13.7. The predicted molar refractivity (Wildman–Crippen MR) is 130 cm³/mol. The van der Waals surface area contributed by atoms with E-state index in [2.05, 4.69) is 5.32 Å². The zero-order valence-corrected chi connectivity index (χ0v) is 20.3. The molecule has 0 radical (unpaired) electrons. The number of hydrogen-bond donors (Lipinski definition) is 1. The number of furan rings is 1. The molecular weight excluding hydrogens is 447 g/mol. The molecule has 3 aromatic rings. The topological polar surface area (TPSA) is 71.8 Å². The van der Waals surface area contributed by atoms with Crippen molar-refractivity contribution in [2.45, 2.75) is 52.3 Å². The van der Waals surface area contributed by atoms with Crippen LogP contribution in [0.1, 0.15) is 55.7 Å². The van der Waals surface area contributed by atoms with Crippen LogP contribution in [0.15, 0.2) is 65.3 Å². The summed E-state index contributed by atoms with van der Waals surface area (Å²) in [5.41, 5.74) is 2.88. The van der Waals surface area contributed by atoms with Crippen LogP contribution in [0, 0.1) is 11.7 Å². The van der Waals surface area contributed by atoms with E-state index in [1.165, 1.54) is 12.1 Å². The van der Waals surface area contributed by atoms with E-state index in [0.29, 0.717) is 24.5 Å². The van der Waals surface area contributed by atoms with E-state index in [1.54, 1.807) is 37.5 Å². The van der Waals surface area contributed by atoms with Gasteiger partial charge in [-0.3, -0.25) is 9.59 Å². The second-order valence-corrected chi connectivity index (χ2v) is 9.31. The van der Waals surface area contributed by atoms with Crippen molar-refractivity contribution >= 4 is 11.8 Å². The lowest BCUT2D eigenvalue weighted by atomic mass is 9.87. The molecule has 0 unspecified atom stereocenters. The predicted octanol–water partition coefficient (Wildman–Crippen LogP) is 5.02. The fourth-order valence-electron chi connectivity index (χ4n) is 4.39. The Kier molecular flexibility index (Phi) is 7.54. The number of fused-ring (bicyclic) bond motifs is 1. The van der Waals surface area contributed by atoms with Crippen LogP contribution in [0.25, 0.3) is 0 Å². The summed E-state index contributed by atoms with van der Waals surface area (Å²) in [4.78, 5) is 27.6. The summed E-state index contributed by atoms with van der Waals surface area (Å²) in [5.74, 6) is 0.909. The Balaban J connectivity index is 1.57. The third-order valence-corrected chi connectivity index (χ3v) is 6.13. The molecule has 1 N–H and O–H groups in total. The first-order chi connectivity index (χ1) is 16.8. The van der Waals surface area contributed by atoms with Crippen molar-refractivity contribution in [1.29, 1.82) is 0 Å². The van der Waals surface area contributed by atoms with Crippen LogP contribution in [0.4, 0.5) is 4.39 Å². The van der Waals surface area contributed by atoms with Gasteiger partial charge in [0.15, 0.2) is 6.10 Å². The zero-order valence-electron chi connectivity index (χ0n) is 20.3. The van der Waals surface area contributed by atoms with E-state index in [9.17, 15) is 14.0 Å². The fraction of sp³-hybridized carbons (Fsp3) is 0.357. The molecule has 0 aliphatic carbocycles. The molecule has 1 aliphatic heterocycles. The van der Waals surface area contributed by atoms with Crippen molar-refractivity contribution in [2.75, 3.05) is 6.54 Å². The van der Waals surface area contributed by atoms with E-state index in [0.717, 1.165) is 23.1 Å². The Labute approximate surface area is 205 Å². The van der Waals surface area contributed by atoms with Gasteiger partial charge in [0.25, 0.3) is 5.91 Å². The molecule has 2 amide bonds. The van der Waals surface area contributed by atoms with Crippen LogP contribution in [0.2, 0.25) is 0 Å². The number of hydrogen-bond acceptors (Lipinski definition) is 4. The summed E-state index contributed by atoms with van der Waals surface area (Å²) in [6.45, 7) is 6.60. The molecule has 0 fully saturated rings. The molecule has 2 aromatic carbocycles. The van der Waals surface area contributed by atoms with Gasteiger partial charge in [0.1, 0.15) is 17.3 Å². The second-order valence-electron chi connectivity index (χ2n) is 9.31. The molecule has 0 spiro atoms. The van der Waals surface area contributed by atoms with Crippen molar-refractivity contribution in [3.8, 4) is 5.75 Å². The fourth-order valence-corrected chi connectivity index (χ4v) is 4.39. The number of nitrogens with zero attached hydrogens (tertiary/aromatic N) is 1. The summed E-state index contributed by atoms with van der Waals surface area (Å²) in [6, 6.07) is 15.2. The number of benzene rings is 2. The number of carbonyl (C=O) groups is 2. The van der Waals surface area contributed by atoms with E-state index in [1.807, 2.05) is 36.9 Å². The second kappa shape index (κ2) is 10.8. The number of halogens is 1. The smallest absolute Gasteiger partial charge is 0.261 e. The third-order valence-electron chi connectivity index (χ3n) is 6.13. The lowest BCUT2D eigenvalue weighted by Gasteiger charge is -2.38. The van der Waals surface area contributed by atoms with Crippen molar-refractivity contribution in [1.82, 2.24) is 10.2 Å². The minimum atomic E-state index is -0.727. The molecule has 2 atom stereocenters. The average molecular weight is 479 g/mol. The molecule has 0 saturated carbocycles. The van der Waals surface area contributed by atoms with E-state index in [4.69, 9.17) is 9.15 Å². The normalized spacial score (nSPS) is 16.0. The van der Waals surface area contributed by atoms with Crippen LogP contribution in [0.5, 0.6) is 5.75 Å². The van der Waals surface area contributed by atoms with Gasteiger partial charge in [-0.15, -0.1) is 0 Å². The minimum Gasteiger partial charge on any atom is -0.481 e. The van der Waals surface area contributed by atoms with Crippen LogP contribution in [-0.2, 0) is 22.6 Å². The van der Waals surface area contributed by atoms with Gasteiger partial charge in [-0.05, 0) is 72.4 Å². The SMILES string of the molecule is CC(C)CC(=O)N1CCc2ccc(O[C@@H](C)C(=O)NCc3ccco3)cc2[C@@H]1c1ccc(F)cc1. The summed E-state index contributed by atoms with van der Waals surface area (Å²) in [5, 5.41) is 2.80. The van der Waals surface area contributed by atoms with Gasteiger partial charge in [0.05, 0.1) is 18.8 Å². The van der Waals surface area contributed by atoms with E-state index < -0.39 is 6.10 Å². The standard InChI is InChI=1S/C28H31FN2O4/c1-18(2)15-26(32)31-13-12-20-8-11-23(16-25(20)27(31)21-6-9-22(29)10-7-21)35-19(3)28(33)30-17-24-5-4-14-34-24/h4-11,14,16,18-19,27H,12-13,15,17H2,1-3H3,(H,30,33)/t19-,27-/m0/s1. The lowest BCUT2D eigenvalue weighted by molar-refractivity contribution is -0.134.